The maximum atomic E-state index is 12.6. The SMILES string of the molecule is O=C(NCCC(=O)N1C[C@@H]2CCC[C@]2(C(=O)O)C1)OCC1c2ccccc2-c2ccccc21. The van der Waals surface area contributed by atoms with E-state index in [1.807, 2.05) is 24.3 Å². The number of likely N-dealkylation sites (tertiary alicyclic amines) is 1. The molecule has 1 aliphatic heterocycles. The maximum Gasteiger partial charge on any atom is 0.407 e. The van der Waals surface area contributed by atoms with Crippen molar-refractivity contribution in [3.8, 4) is 11.1 Å². The van der Waals surface area contributed by atoms with Crippen LogP contribution in [0.3, 0.4) is 0 Å². The first-order chi connectivity index (χ1) is 16.0. The number of hydrogen-bond donors (Lipinski definition) is 2. The Balaban J connectivity index is 1.11. The quantitative estimate of drug-likeness (QED) is 0.704. The molecule has 2 aliphatic carbocycles. The second-order valence-electron chi connectivity index (χ2n) is 9.33. The van der Waals surface area contributed by atoms with E-state index in [0.29, 0.717) is 13.0 Å². The first-order valence-electron chi connectivity index (χ1n) is 11.6. The molecule has 0 spiro atoms. The van der Waals surface area contributed by atoms with E-state index >= 15 is 0 Å². The predicted octanol–water partition coefficient (Wildman–Crippen LogP) is 3.63. The van der Waals surface area contributed by atoms with Crippen molar-refractivity contribution in [1.29, 1.82) is 0 Å². The molecule has 3 aliphatic rings. The van der Waals surface area contributed by atoms with E-state index in [9.17, 15) is 19.5 Å². The number of carbonyl (C=O) groups excluding carboxylic acids is 2. The highest BCUT2D eigenvalue weighted by Gasteiger charge is 2.55. The third-order valence-corrected chi connectivity index (χ3v) is 7.60. The van der Waals surface area contributed by atoms with Crippen molar-refractivity contribution in [2.75, 3.05) is 26.2 Å². The molecule has 0 unspecified atom stereocenters. The average Bonchev–Trinajstić information content (AvgIpc) is 3.47. The standard InChI is InChI=1S/C26H28N2O5/c29-23(28-14-17-6-5-12-26(17,16-28)24(30)31)11-13-27-25(32)33-15-22-20-9-3-1-7-18(20)19-8-2-4-10-21(19)22/h1-4,7-10,17,22H,5-6,11-16H2,(H,27,32)(H,30,31)/t17-,26-/m0/s1. The largest absolute Gasteiger partial charge is 0.481 e. The number of carbonyl (C=O) groups is 3. The Hall–Kier alpha value is -3.35. The van der Waals surface area contributed by atoms with Gasteiger partial charge in [-0.2, -0.15) is 0 Å². The predicted molar refractivity (Wildman–Crippen MR) is 122 cm³/mol. The van der Waals surface area contributed by atoms with Gasteiger partial charge in [-0.3, -0.25) is 9.59 Å². The number of alkyl carbamates (subject to hydrolysis) is 1. The minimum absolute atomic E-state index is 0.0130. The number of carboxylic acids is 1. The minimum Gasteiger partial charge on any atom is -0.481 e. The zero-order chi connectivity index (χ0) is 23.0. The van der Waals surface area contributed by atoms with Gasteiger partial charge in [-0.05, 0) is 41.0 Å². The van der Waals surface area contributed by atoms with Gasteiger partial charge in [0.1, 0.15) is 6.61 Å². The third kappa shape index (κ3) is 3.75. The lowest BCUT2D eigenvalue weighted by atomic mass is 9.81. The van der Waals surface area contributed by atoms with E-state index in [4.69, 9.17) is 4.74 Å². The van der Waals surface area contributed by atoms with Gasteiger partial charge >= 0.3 is 12.1 Å². The number of rotatable bonds is 6. The molecule has 2 amide bonds. The minimum atomic E-state index is -0.794. The van der Waals surface area contributed by atoms with Crippen molar-refractivity contribution in [3.05, 3.63) is 59.7 Å². The number of nitrogens with one attached hydrogen (secondary N) is 1. The van der Waals surface area contributed by atoms with Crippen LogP contribution in [0.4, 0.5) is 4.79 Å². The molecule has 7 heteroatoms. The van der Waals surface area contributed by atoms with Crippen molar-refractivity contribution in [2.24, 2.45) is 11.3 Å². The van der Waals surface area contributed by atoms with E-state index in [1.54, 1.807) is 4.90 Å². The Kier molecular flexibility index (Phi) is 5.56. The van der Waals surface area contributed by atoms with Gasteiger partial charge in [0.25, 0.3) is 0 Å². The highest BCUT2D eigenvalue weighted by Crippen LogP contribution is 2.49. The summed E-state index contributed by atoms with van der Waals surface area (Å²) in [5.41, 5.74) is 3.85. The summed E-state index contributed by atoms with van der Waals surface area (Å²) in [7, 11) is 0. The lowest BCUT2D eigenvalue weighted by molar-refractivity contribution is -0.149. The second kappa shape index (κ2) is 8.54. The van der Waals surface area contributed by atoms with Crippen LogP contribution in [0.15, 0.2) is 48.5 Å². The molecule has 5 rings (SSSR count). The van der Waals surface area contributed by atoms with Crippen molar-refractivity contribution >= 4 is 18.0 Å². The fraction of sp³-hybridized carbons (Fsp3) is 0.423. The Labute approximate surface area is 192 Å². The Morgan fingerprint density at radius 3 is 2.36 bits per heavy atom. The van der Waals surface area contributed by atoms with Gasteiger partial charge in [-0.15, -0.1) is 0 Å². The first-order valence-corrected chi connectivity index (χ1v) is 11.6. The summed E-state index contributed by atoms with van der Waals surface area (Å²) >= 11 is 0. The Bertz CT molecular complexity index is 1050. The molecule has 1 saturated heterocycles. The summed E-state index contributed by atoms with van der Waals surface area (Å²) in [6.45, 7) is 1.16. The van der Waals surface area contributed by atoms with Crippen LogP contribution in [0.25, 0.3) is 11.1 Å². The van der Waals surface area contributed by atoms with Gasteiger partial charge in [0.05, 0.1) is 5.41 Å². The molecule has 2 aromatic rings. The van der Waals surface area contributed by atoms with Crippen molar-refractivity contribution in [2.45, 2.75) is 31.6 Å². The highest BCUT2D eigenvalue weighted by atomic mass is 16.5. The third-order valence-electron chi connectivity index (χ3n) is 7.60. The summed E-state index contributed by atoms with van der Waals surface area (Å²) in [4.78, 5) is 38.3. The van der Waals surface area contributed by atoms with Gasteiger partial charge in [0.15, 0.2) is 0 Å². The molecule has 0 bridgehead atoms. The summed E-state index contributed by atoms with van der Waals surface area (Å²) in [5.74, 6) is -0.893. The van der Waals surface area contributed by atoms with Crippen LogP contribution in [0.5, 0.6) is 0 Å². The second-order valence-corrected chi connectivity index (χ2v) is 9.33. The van der Waals surface area contributed by atoms with Crippen LogP contribution in [0.1, 0.15) is 42.7 Å². The van der Waals surface area contributed by atoms with Gasteiger partial charge in [-0.1, -0.05) is 55.0 Å². The van der Waals surface area contributed by atoms with Gasteiger partial charge < -0.3 is 20.1 Å². The normalized spacial score (nSPS) is 23.0. The van der Waals surface area contributed by atoms with Crippen LogP contribution < -0.4 is 5.32 Å². The van der Waals surface area contributed by atoms with Crippen molar-refractivity contribution in [1.82, 2.24) is 10.2 Å². The molecule has 1 heterocycles. The van der Waals surface area contributed by atoms with Gasteiger partial charge in [0.2, 0.25) is 5.91 Å². The zero-order valence-electron chi connectivity index (χ0n) is 18.5. The van der Waals surface area contributed by atoms with E-state index in [1.165, 1.54) is 11.1 Å². The molecule has 7 nitrogen and oxygen atoms in total. The number of hydrogen-bond acceptors (Lipinski definition) is 4. The molecular formula is C26H28N2O5. The molecule has 172 valence electrons. The average molecular weight is 449 g/mol. The van der Waals surface area contributed by atoms with E-state index in [-0.39, 0.29) is 43.9 Å². The Morgan fingerprint density at radius 1 is 1.06 bits per heavy atom. The number of benzene rings is 2. The number of carboxylic acid groups (broad SMARTS) is 1. The summed E-state index contributed by atoms with van der Waals surface area (Å²) in [5, 5.41) is 12.3. The number of fused-ring (bicyclic) bond motifs is 4. The van der Waals surface area contributed by atoms with E-state index in [0.717, 1.165) is 24.0 Å². The summed E-state index contributed by atoms with van der Waals surface area (Å²) in [6, 6.07) is 16.3. The van der Waals surface area contributed by atoms with Crippen LogP contribution in [-0.4, -0.2) is 54.2 Å². The smallest absolute Gasteiger partial charge is 0.407 e. The lowest BCUT2D eigenvalue weighted by Crippen LogP contribution is -2.38. The van der Waals surface area contributed by atoms with Gasteiger partial charge in [-0.25, -0.2) is 4.79 Å². The van der Waals surface area contributed by atoms with E-state index in [2.05, 4.69) is 29.6 Å². The number of amides is 2. The van der Waals surface area contributed by atoms with Crippen LogP contribution in [0, 0.1) is 11.3 Å². The van der Waals surface area contributed by atoms with Gasteiger partial charge in [0, 0.05) is 32.0 Å². The first kappa shape index (κ1) is 21.5. The van der Waals surface area contributed by atoms with Crippen molar-refractivity contribution in [3.63, 3.8) is 0 Å². The molecule has 2 N–H and O–H groups in total. The fourth-order valence-electron chi connectivity index (χ4n) is 5.91. The topological polar surface area (TPSA) is 95.9 Å². The monoisotopic (exact) mass is 448 g/mol. The Morgan fingerprint density at radius 2 is 1.73 bits per heavy atom. The number of nitrogens with zero attached hydrogens (tertiary/aromatic N) is 1. The van der Waals surface area contributed by atoms with Crippen molar-refractivity contribution < 1.29 is 24.2 Å². The van der Waals surface area contributed by atoms with Crippen LogP contribution >= 0.6 is 0 Å². The molecule has 2 fully saturated rings. The molecule has 33 heavy (non-hydrogen) atoms. The molecule has 1 saturated carbocycles. The number of aliphatic carboxylic acids is 1. The molecule has 0 aromatic heterocycles. The molecule has 2 atom stereocenters. The number of ether oxygens (including phenoxy) is 1. The summed E-state index contributed by atoms with van der Waals surface area (Å²) in [6.07, 6.45) is 1.97. The lowest BCUT2D eigenvalue weighted by Gasteiger charge is -2.23. The molecule has 2 aromatic carbocycles. The zero-order valence-corrected chi connectivity index (χ0v) is 18.5. The molecular weight excluding hydrogens is 420 g/mol. The molecule has 0 radical (unpaired) electrons. The maximum absolute atomic E-state index is 12.6. The van der Waals surface area contributed by atoms with E-state index < -0.39 is 17.5 Å². The fourth-order valence-corrected chi connectivity index (χ4v) is 5.91. The van der Waals surface area contributed by atoms with Crippen LogP contribution in [-0.2, 0) is 14.3 Å². The van der Waals surface area contributed by atoms with Crippen LogP contribution in [0.2, 0.25) is 0 Å². The highest BCUT2D eigenvalue weighted by molar-refractivity contribution is 5.82. The summed E-state index contributed by atoms with van der Waals surface area (Å²) < 4.78 is 5.50.